The van der Waals surface area contributed by atoms with Crippen LogP contribution in [0.4, 0.5) is 0 Å². The first-order chi connectivity index (χ1) is 25.3. The van der Waals surface area contributed by atoms with E-state index in [2.05, 4.69) is 38.2 Å². The van der Waals surface area contributed by atoms with Crippen LogP contribution in [-0.4, -0.2) is 49.3 Å². The third kappa shape index (κ3) is 38.2. The van der Waals surface area contributed by atoms with Crippen molar-refractivity contribution in [3.63, 3.8) is 0 Å². The molecule has 0 aliphatic carbocycles. The van der Waals surface area contributed by atoms with Gasteiger partial charge in [-0.05, 0) is 44.9 Å². The van der Waals surface area contributed by atoms with E-state index in [0.717, 1.165) is 51.4 Å². The molecule has 2 atom stereocenters. The van der Waals surface area contributed by atoms with Gasteiger partial charge < -0.3 is 20.1 Å². The zero-order valence-electron chi connectivity index (χ0n) is 33.6. The van der Waals surface area contributed by atoms with Crippen molar-refractivity contribution in [2.24, 2.45) is 5.73 Å². The highest BCUT2D eigenvalue weighted by atomic mass is 31.2. The van der Waals surface area contributed by atoms with Gasteiger partial charge in [-0.15, -0.1) is 0 Å². The summed E-state index contributed by atoms with van der Waals surface area (Å²) in [4.78, 5) is 34.8. The van der Waals surface area contributed by atoms with Gasteiger partial charge in [-0.3, -0.25) is 18.6 Å². The van der Waals surface area contributed by atoms with Crippen molar-refractivity contribution >= 4 is 19.8 Å². The molecular weight excluding hydrogens is 677 g/mol. The van der Waals surface area contributed by atoms with Crippen molar-refractivity contribution in [2.45, 2.75) is 206 Å². The molecule has 0 saturated heterocycles. The zero-order chi connectivity index (χ0) is 38.2. The van der Waals surface area contributed by atoms with E-state index in [9.17, 15) is 19.0 Å². The maximum atomic E-state index is 12.6. The molecule has 0 radical (unpaired) electrons. The Balaban J connectivity index is 4.16. The largest absolute Gasteiger partial charge is 0.472 e. The molecule has 0 aromatic carbocycles. The minimum absolute atomic E-state index is 0.0535. The summed E-state index contributed by atoms with van der Waals surface area (Å²) in [6, 6.07) is 0. The van der Waals surface area contributed by atoms with Gasteiger partial charge in [0.2, 0.25) is 0 Å². The van der Waals surface area contributed by atoms with Gasteiger partial charge in [0.1, 0.15) is 6.61 Å². The van der Waals surface area contributed by atoms with E-state index in [1.807, 2.05) is 0 Å². The standard InChI is InChI=1S/C42H80NO8P/c1-3-5-7-9-11-13-15-17-19-20-21-23-25-27-29-31-33-35-42(45)51-40(39-50-52(46,47)49-37-36-43)38-48-41(44)34-32-30-28-26-24-22-18-16-14-12-10-8-6-4-2/h11,13,17,19,40H,3-10,12,14-16,18,20-39,43H2,1-2H3,(H,46,47)/b13-11+,19-17+/t40-/m1/s1. The van der Waals surface area contributed by atoms with Crippen LogP contribution in [-0.2, 0) is 32.7 Å². The molecule has 0 bridgehead atoms. The number of rotatable bonds is 40. The number of allylic oxidation sites excluding steroid dienone is 4. The van der Waals surface area contributed by atoms with Gasteiger partial charge in [0, 0.05) is 19.4 Å². The average Bonchev–Trinajstić information content (AvgIpc) is 3.13. The predicted octanol–water partition coefficient (Wildman–Crippen LogP) is 12.0. The van der Waals surface area contributed by atoms with Crippen molar-refractivity contribution in [1.29, 1.82) is 0 Å². The van der Waals surface area contributed by atoms with Gasteiger partial charge in [-0.25, -0.2) is 4.57 Å². The summed E-state index contributed by atoms with van der Waals surface area (Å²) >= 11 is 0. The van der Waals surface area contributed by atoms with E-state index < -0.39 is 26.5 Å². The van der Waals surface area contributed by atoms with Crippen LogP contribution in [0, 0.1) is 0 Å². The smallest absolute Gasteiger partial charge is 0.462 e. The number of ether oxygens (including phenoxy) is 2. The fourth-order valence-electron chi connectivity index (χ4n) is 5.90. The molecule has 0 aromatic heterocycles. The van der Waals surface area contributed by atoms with Crippen LogP contribution in [0.15, 0.2) is 24.3 Å². The van der Waals surface area contributed by atoms with Gasteiger partial charge >= 0.3 is 19.8 Å². The highest BCUT2D eigenvalue weighted by Gasteiger charge is 2.26. The van der Waals surface area contributed by atoms with Crippen LogP contribution in [0.25, 0.3) is 0 Å². The van der Waals surface area contributed by atoms with Crippen molar-refractivity contribution in [1.82, 2.24) is 0 Å². The molecule has 10 heteroatoms. The number of carbonyl (C=O) groups excluding carboxylic acids is 2. The monoisotopic (exact) mass is 758 g/mol. The highest BCUT2D eigenvalue weighted by molar-refractivity contribution is 7.47. The molecule has 52 heavy (non-hydrogen) atoms. The summed E-state index contributed by atoms with van der Waals surface area (Å²) < 4.78 is 32.7. The summed E-state index contributed by atoms with van der Waals surface area (Å²) in [5, 5.41) is 0. The quantitative estimate of drug-likeness (QED) is 0.0271. The normalized spacial score (nSPS) is 13.5. The number of esters is 2. The number of phosphoric ester groups is 1. The van der Waals surface area contributed by atoms with Crippen LogP contribution in [0.3, 0.4) is 0 Å². The summed E-state index contributed by atoms with van der Waals surface area (Å²) in [6.45, 7) is 3.71. The number of hydrogen-bond donors (Lipinski definition) is 2. The molecule has 0 spiro atoms. The Morgan fingerprint density at radius 2 is 1.00 bits per heavy atom. The molecule has 0 fully saturated rings. The topological polar surface area (TPSA) is 134 Å². The Labute approximate surface area is 319 Å². The molecule has 0 saturated carbocycles. The molecule has 0 rings (SSSR count). The van der Waals surface area contributed by atoms with Crippen LogP contribution in [0.1, 0.15) is 200 Å². The van der Waals surface area contributed by atoms with E-state index >= 15 is 0 Å². The van der Waals surface area contributed by atoms with Gasteiger partial charge in [0.15, 0.2) is 6.10 Å². The Bertz CT molecular complexity index is 912. The van der Waals surface area contributed by atoms with Crippen LogP contribution < -0.4 is 5.73 Å². The van der Waals surface area contributed by atoms with Crippen LogP contribution in [0.5, 0.6) is 0 Å². The Morgan fingerprint density at radius 1 is 0.577 bits per heavy atom. The van der Waals surface area contributed by atoms with E-state index in [-0.39, 0.29) is 38.6 Å². The van der Waals surface area contributed by atoms with Gasteiger partial charge in [0.25, 0.3) is 0 Å². The van der Waals surface area contributed by atoms with E-state index in [1.54, 1.807) is 0 Å². The minimum atomic E-state index is -4.37. The first-order valence-corrected chi connectivity index (χ1v) is 22.8. The average molecular weight is 758 g/mol. The predicted molar refractivity (Wildman–Crippen MR) is 215 cm³/mol. The maximum Gasteiger partial charge on any atom is 0.472 e. The number of unbranched alkanes of at least 4 members (excludes halogenated alkanes) is 23. The third-order valence-electron chi connectivity index (χ3n) is 9.09. The first kappa shape index (κ1) is 50.5. The van der Waals surface area contributed by atoms with Gasteiger partial charge in [0.05, 0.1) is 13.2 Å². The van der Waals surface area contributed by atoms with E-state index in [0.29, 0.717) is 6.42 Å². The zero-order valence-corrected chi connectivity index (χ0v) is 34.4. The number of nitrogens with two attached hydrogens (primary N) is 1. The van der Waals surface area contributed by atoms with Crippen molar-refractivity contribution in [3.8, 4) is 0 Å². The molecule has 9 nitrogen and oxygen atoms in total. The molecule has 0 heterocycles. The lowest BCUT2D eigenvalue weighted by atomic mass is 10.0. The van der Waals surface area contributed by atoms with Crippen molar-refractivity contribution < 1.29 is 37.6 Å². The fraction of sp³-hybridized carbons (Fsp3) is 0.857. The van der Waals surface area contributed by atoms with Crippen LogP contribution in [0.2, 0.25) is 0 Å². The molecule has 0 aliphatic heterocycles. The van der Waals surface area contributed by atoms with Gasteiger partial charge in [-0.1, -0.05) is 167 Å². The lowest BCUT2D eigenvalue weighted by molar-refractivity contribution is -0.161. The van der Waals surface area contributed by atoms with Crippen molar-refractivity contribution in [3.05, 3.63) is 24.3 Å². The molecule has 3 N–H and O–H groups in total. The van der Waals surface area contributed by atoms with E-state index in [1.165, 1.54) is 116 Å². The van der Waals surface area contributed by atoms with Gasteiger partial charge in [-0.2, -0.15) is 0 Å². The molecule has 306 valence electrons. The number of phosphoric acid groups is 1. The SMILES string of the molecule is CCCCC/C=C/C/C=C/CCCCCCCCCC(=O)O[C@H](COC(=O)CCCCCCCCCCCCCCCC)COP(=O)(O)OCCN. The number of carbonyl (C=O) groups is 2. The summed E-state index contributed by atoms with van der Waals surface area (Å²) in [7, 11) is -4.37. The number of hydrogen-bond acceptors (Lipinski definition) is 8. The molecule has 1 unspecified atom stereocenters. The third-order valence-corrected chi connectivity index (χ3v) is 10.1. The Hall–Kier alpha value is -1.51. The second-order valence-corrected chi connectivity index (χ2v) is 15.7. The highest BCUT2D eigenvalue weighted by Crippen LogP contribution is 2.43. The summed E-state index contributed by atoms with van der Waals surface area (Å²) in [5.74, 6) is -0.831. The summed E-state index contributed by atoms with van der Waals surface area (Å²) in [6.07, 6.45) is 40.6. The van der Waals surface area contributed by atoms with Crippen molar-refractivity contribution in [2.75, 3.05) is 26.4 Å². The fourth-order valence-corrected chi connectivity index (χ4v) is 6.67. The minimum Gasteiger partial charge on any atom is -0.462 e. The molecule has 0 aromatic rings. The molecular formula is C42H80NO8P. The second kappa shape index (κ2) is 39.2. The Kier molecular flexibility index (Phi) is 38.1. The lowest BCUT2D eigenvalue weighted by Gasteiger charge is -2.19. The molecule has 0 aliphatic rings. The van der Waals surface area contributed by atoms with E-state index in [4.69, 9.17) is 24.3 Å². The Morgan fingerprint density at radius 3 is 1.50 bits per heavy atom. The molecule has 0 amide bonds. The maximum absolute atomic E-state index is 12.6. The lowest BCUT2D eigenvalue weighted by Crippen LogP contribution is -2.29. The van der Waals surface area contributed by atoms with Crippen LogP contribution >= 0.6 is 7.82 Å². The summed E-state index contributed by atoms with van der Waals surface area (Å²) in [5.41, 5.74) is 5.34. The first-order valence-electron chi connectivity index (χ1n) is 21.3. The second-order valence-electron chi connectivity index (χ2n) is 14.2.